The van der Waals surface area contributed by atoms with Crippen molar-refractivity contribution < 1.29 is 13.5 Å². The SMILES string of the molecule is CCCCN(CCO)S(=O)(=O)c1ncccc1NCC. The van der Waals surface area contributed by atoms with Gasteiger partial charge in [0.05, 0.1) is 12.3 Å². The van der Waals surface area contributed by atoms with Gasteiger partial charge in [0.2, 0.25) is 0 Å². The molecule has 1 rings (SSSR count). The van der Waals surface area contributed by atoms with Crippen molar-refractivity contribution in [2.24, 2.45) is 0 Å². The van der Waals surface area contributed by atoms with E-state index >= 15 is 0 Å². The van der Waals surface area contributed by atoms with Crippen molar-refractivity contribution in [1.29, 1.82) is 0 Å². The lowest BCUT2D eigenvalue weighted by Gasteiger charge is -2.21. The number of nitrogens with zero attached hydrogens (tertiary/aromatic N) is 2. The van der Waals surface area contributed by atoms with Gasteiger partial charge >= 0.3 is 0 Å². The summed E-state index contributed by atoms with van der Waals surface area (Å²) in [7, 11) is -3.69. The Balaban J connectivity index is 3.11. The molecule has 0 radical (unpaired) electrons. The fraction of sp³-hybridized carbons (Fsp3) is 0.615. The molecule has 0 aromatic carbocycles. The van der Waals surface area contributed by atoms with Gasteiger partial charge in [0.25, 0.3) is 10.0 Å². The van der Waals surface area contributed by atoms with Crippen molar-refractivity contribution >= 4 is 15.7 Å². The summed E-state index contributed by atoms with van der Waals surface area (Å²) in [5.41, 5.74) is 0.495. The van der Waals surface area contributed by atoms with Crippen LogP contribution in [0.5, 0.6) is 0 Å². The molecule has 20 heavy (non-hydrogen) atoms. The van der Waals surface area contributed by atoms with Crippen molar-refractivity contribution in [1.82, 2.24) is 9.29 Å². The fourth-order valence-electron chi connectivity index (χ4n) is 1.84. The highest BCUT2D eigenvalue weighted by atomic mass is 32.2. The molecule has 0 atom stereocenters. The molecule has 0 aliphatic heterocycles. The Morgan fingerprint density at radius 3 is 2.70 bits per heavy atom. The summed E-state index contributed by atoms with van der Waals surface area (Å²) in [4.78, 5) is 4.01. The highest BCUT2D eigenvalue weighted by molar-refractivity contribution is 7.89. The molecule has 0 aliphatic rings. The van der Waals surface area contributed by atoms with E-state index in [-0.39, 0.29) is 18.2 Å². The maximum absolute atomic E-state index is 12.6. The predicted molar refractivity (Wildman–Crippen MR) is 79.2 cm³/mol. The van der Waals surface area contributed by atoms with Crippen LogP contribution in [-0.2, 0) is 10.0 Å². The van der Waals surface area contributed by atoms with Crippen LogP contribution in [0.3, 0.4) is 0 Å². The Kier molecular flexibility index (Phi) is 6.90. The Bertz CT molecular complexity index is 505. The van der Waals surface area contributed by atoms with Crippen LogP contribution in [0.4, 0.5) is 5.69 Å². The predicted octanol–water partition coefficient (Wildman–Crippen LogP) is 1.30. The molecular weight excluding hydrogens is 278 g/mol. The fourth-order valence-corrected chi connectivity index (χ4v) is 3.39. The third kappa shape index (κ3) is 4.16. The molecule has 7 heteroatoms. The van der Waals surface area contributed by atoms with Gasteiger partial charge in [-0.25, -0.2) is 13.4 Å². The second-order valence-electron chi connectivity index (χ2n) is 4.37. The van der Waals surface area contributed by atoms with Crippen molar-refractivity contribution in [2.75, 3.05) is 31.6 Å². The van der Waals surface area contributed by atoms with E-state index in [9.17, 15) is 8.42 Å². The first-order valence-corrected chi connectivity index (χ1v) is 8.31. The zero-order valence-electron chi connectivity index (χ0n) is 12.0. The van der Waals surface area contributed by atoms with Crippen LogP contribution < -0.4 is 5.32 Å². The van der Waals surface area contributed by atoms with Gasteiger partial charge in [-0.1, -0.05) is 13.3 Å². The number of rotatable bonds is 9. The second kappa shape index (κ2) is 8.18. The van der Waals surface area contributed by atoms with E-state index < -0.39 is 10.0 Å². The number of sulfonamides is 1. The van der Waals surface area contributed by atoms with E-state index in [1.165, 1.54) is 10.5 Å². The second-order valence-corrected chi connectivity index (χ2v) is 6.22. The van der Waals surface area contributed by atoms with Crippen molar-refractivity contribution in [3.8, 4) is 0 Å². The molecule has 0 saturated heterocycles. The molecule has 114 valence electrons. The maximum atomic E-state index is 12.6. The van der Waals surface area contributed by atoms with Gasteiger partial charge in [-0.15, -0.1) is 0 Å². The van der Waals surface area contributed by atoms with Gasteiger partial charge in [0.1, 0.15) is 0 Å². The number of nitrogens with one attached hydrogen (secondary N) is 1. The number of hydrogen-bond donors (Lipinski definition) is 2. The average molecular weight is 301 g/mol. The Labute approximate surface area is 120 Å². The van der Waals surface area contributed by atoms with E-state index in [0.717, 1.165) is 12.8 Å². The summed E-state index contributed by atoms with van der Waals surface area (Å²) in [6.07, 6.45) is 3.10. The van der Waals surface area contributed by atoms with Crippen molar-refractivity contribution in [3.63, 3.8) is 0 Å². The topological polar surface area (TPSA) is 82.5 Å². The monoisotopic (exact) mass is 301 g/mol. The summed E-state index contributed by atoms with van der Waals surface area (Å²) in [5.74, 6) is 0. The molecular formula is C13H23N3O3S. The molecule has 0 saturated carbocycles. The first-order valence-electron chi connectivity index (χ1n) is 6.87. The molecule has 1 heterocycles. The third-order valence-electron chi connectivity index (χ3n) is 2.83. The smallest absolute Gasteiger partial charge is 0.262 e. The Morgan fingerprint density at radius 2 is 2.10 bits per heavy atom. The minimum Gasteiger partial charge on any atom is -0.395 e. The number of pyridine rings is 1. The van der Waals surface area contributed by atoms with Gasteiger partial charge in [0, 0.05) is 25.8 Å². The zero-order valence-corrected chi connectivity index (χ0v) is 12.9. The minimum atomic E-state index is -3.69. The summed E-state index contributed by atoms with van der Waals surface area (Å²) in [6.45, 7) is 4.78. The van der Waals surface area contributed by atoms with Crippen LogP contribution in [0.1, 0.15) is 26.7 Å². The van der Waals surface area contributed by atoms with Gasteiger partial charge in [-0.3, -0.25) is 0 Å². The number of aliphatic hydroxyl groups is 1. The quantitative estimate of drug-likeness (QED) is 0.718. The molecule has 0 aliphatic carbocycles. The van der Waals surface area contributed by atoms with E-state index in [0.29, 0.717) is 18.8 Å². The van der Waals surface area contributed by atoms with E-state index in [1.807, 2.05) is 13.8 Å². The molecule has 2 N–H and O–H groups in total. The van der Waals surface area contributed by atoms with E-state index in [1.54, 1.807) is 12.1 Å². The molecule has 0 amide bonds. The lowest BCUT2D eigenvalue weighted by molar-refractivity contribution is 0.252. The first kappa shape index (κ1) is 16.9. The first-order chi connectivity index (χ1) is 9.57. The van der Waals surface area contributed by atoms with Gasteiger partial charge in [0.15, 0.2) is 5.03 Å². The lowest BCUT2D eigenvalue weighted by atomic mass is 10.3. The molecule has 0 spiro atoms. The summed E-state index contributed by atoms with van der Waals surface area (Å²) < 4.78 is 26.6. The van der Waals surface area contributed by atoms with Gasteiger partial charge in [-0.05, 0) is 25.5 Å². The Hall–Kier alpha value is -1.18. The number of hydrogen-bond acceptors (Lipinski definition) is 5. The zero-order chi connectivity index (χ0) is 15.0. The molecule has 0 fully saturated rings. The molecule has 6 nitrogen and oxygen atoms in total. The minimum absolute atomic E-state index is 0.0198. The van der Waals surface area contributed by atoms with Crippen LogP contribution in [0.2, 0.25) is 0 Å². The summed E-state index contributed by atoms with van der Waals surface area (Å²) >= 11 is 0. The number of aromatic nitrogens is 1. The highest BCUT2D eigenvalue weighted by Gasteiger charge is 2.27. The molecule has 0 unspecified atom stereocenters. The Morgan fingerprint density at radius 1 is 1.35 bits per heavy atom. The number of aliphatic hydroxyl groups excluding tert-OH is 1. The summed E-state index contributed by atoms with van der Waals surface area (Å²) in [5, 5.41) is 12.1. The van der Waals surface area contributed by atoms with Crippen molar-refractivity contribution in [3.05, 3.63) is 18.3 Å². The molecule has 1 aromatic heterocycles. The van der Waals surface area contributed by atoms with E-state index in [2.05, 4.69) is 10.3 Å². The van der Waals surface area contributed by atoms with Gasteiger partial charge in [-0.2, -0.15) is 4.31 Å². The number of anilines is 1. The van der Waals surface area contributed by atoms with Gasteiger partial charge < -0.3 is 10.4 Å². The molecule has 0 bridgehead atoms. The van der Waals surface area contributed by atoms with Crippen LogP contribution >= 0.6 is 0 Å². The summed E-state index contributed by atoms with van der Waals surface area (Å²) in [6, 6.07) is 3.39. The van der Waals surface area contributed by atoms with Crippen LogP contribution in [0.25, 0.3) is 0 Å². The van der Waals surface area contributed by atoms with Crippen LogP contribution in [0, 0.1) is 0 Å². The van der Waals surface area contributed by atoms with Crippen molar-refractivity contribution in [2.45, 2.75) is 31.7 Å². The standard InChI is InChI=1S/C13H23N3O3S/c1-3-5-9-16(10-11-17)20(18,19)13-12(14-4-2)7-6-8-15-13/h6-8,14,17H,3-5,9-11H2,1-2H3. The highest BCUT2D eigenvalue weighted by Crippen LogP contribution is 2.22. The molecule has 1 aromatic rings. The number of unbranched alkanes of at least 4 members (excludes halogenated alkanes) is 1. The lowest BCUT2D eigenvalue weighted by Crippen LogP contribution is -2.35. The normalized spacial score (nSPS) is 11.8. The van der Waals surface area contributed by atoms with E-state index in [4.69, 9.17) is 5.11 Å². The largest absolute Gasteiger partial charge is 0.395 e. The third-order valence-corrected chi connectivity index (χ3v) is 4.69. The van der Waals surface area contributed by atoms with Crippen LogP contribution in [0.15, 0.2) is 23.4 Å². The van der Waals surface area contributed by atoms with Crippen LogP contribution in [-0.4, -0.2) is 49.1 Å². The average Bonchev–Trinajstić information content (AvgIpc) is 2.44. The maximum Gasteiger partial charge on any atom is 0.262 e.